The van der Waals surface area contributed by atoms with E-state index in [9.17, 15) is 4.79 Å². The molecule has 0 aliphatic carbocycles. The van der Waals surface area contributed by atoms with Crippen molar-refractivity contribution < 1.29 is 4.79 Å². The molecule has 0 unspecified atom stereocenters. The summed E-state index contributed by atoms with van der Waals surface area (Å²) in [4.78, 5) is 18.4. The van der Waals surface area contributed by atoms with Gasteiger partial charge in [0.2, 0.25) is 0 Å². The molecule has 0 fully saturated rings. The van der Waals surface area contributed by atoms with Crippen LogP contribution in [-0.2, 0) is 0 Å². The van der Waals surface area contributed by atoms with Crippen LogP contribution < -0.4 is 10.6 Å². The summed E-state index contributed by atoms with van der Waals surface area (Å²) >= 11 is 12.1. The lowest BCUT2D eigenvalue weighted by atomic mass is 10.1. The first kappa shape index (κ1) is 19.1. The molecule has 0 aliphatic rings. The molecule has 0 saturated heterocycles. The normalized spacial score (nSPS) is 11.8. The van der Waals surface area contributed by atoms with Crippen molar-refractivity contribution in [1.82, 2.24) is 25.3 Å². The fourth-order valence-corrected chi connectivity index (χ4v) is 2.87. The molecule has 9 heteroatoms. The lowest BCUT2D eigenvalue weighted by Gasteiger charge is -2.19. The zero-order chi connectivity index (χ0) is 19.2. The Bertz CT molecular complexity index is 899. The highest BCUT2D eigenvalue weighted by molar-refractivity contribution is 6.34. The van der Waals surface area contributed by atoms with Crippen LogP contribution in [0.1, 0.15) is 23.7 Å². The molecule has 140 valence electrons. The van der Waals surface area contributed by atoms with E-state index in [1.807, 2.05) is 6.92 Å². The first-order valence-corrected chi connectivity index (χ1v) is 9.15. The predicted molar refractivity (Wildman–Crippen MR) is 106 cm³/mol. The number of nitrogens with zero attached hydrogens (tertiary/aromatic N) is 4. The molecule has 0 bridgehead atoms. The summed E-state index contributed by atoms with van der Waals surface area (Å²) in [5, 5.41) is 15.3. The molecule has 2 heterocycles. The van der Waals surface area contributed by atoms with E-state index >= 15 is 0 Å². The monoisotopic (exact) mass is 404 g/mol. The van der Waals surface area contributed by atoms with Crippen molar-refractivity contribution in [3.63, 3.8) is 0 Å². The highest BCUT2D eigenvalue weighted by atomic mass is 35.5. The quantitative estimate of drug-likeness (QED) is 0.628. The maximum absolute atomic E-state index is 12.9. The van der Waals surface area contributed by atoms with E-state index in [1.54, 1.807) is 48.9 Å². The second-order valence-electron chi connectivity index (χ2n) is 5.77. The predicted octanol–water partition coefficient (Wildman–Crippen LogP) is 3.59. The third-order valence-electron chi connectivity index (χ3n) is 3.94. The summed E-state index contributed by atoms with van der Waals surface area (Å²) in [6.45, 7) is 2.50. The summed E-state index contributed by atoms with van der Waals surface area (Å²) in [7, 11) is 0. The molecule has 1 atom stereocenters. The average molecular weight is 405 g/mol. The van der Waals surface area contributed by atoms with Crippen LogP contribution in [0.15, 0.2) is 48.9 Å². The minimum absolute atomic E-state index is 0.121. The van der Waals surface area contributed by atoms with Crippen molar-refractivity contribution in [3.8, 4) is 5.69 Å². The second kappa shape index (κ2) is 8.83. The Hall–Kier alpha value is -2.64. The fraction of sp³-hybridized carbons (Fsp3) is 0.222. The summed E-state index contributed by atoms with van der Waals surface area (Å²) in [6, 6.07) is 8.58. The molecule has 0 saturated carbocycles. The van der Waals surface area contributed by atoms with E-state index in [2.05, 4.69) is 25.8 Å². The van der Waals surface area contributed by atoms with Crippen molar-refractivity contribution in [2.75, 3.05) is 11.9 Å². The molecule has 7 nitrogen and oxygen atoms in total. The number of carbonyl (C=O) groups is 1. The largest absolute Gasteiger partial charge is 0.368 e. The Morgan fingerprint density at radius 1 is 1.19 bits per heavy atom. The third kappa shape index (κ3) is 4.75. The van der Waals surface area contributed by atoms with E-state index in [4.69, 9.17) is 23.2 Å². The zero-order valence-corrected chi connectivity index (χ0v) is 16.1. The van der Waals surface area contributed by atoms with E-state index in [0.717, 1.165) is 6.42 Å². The highest BCUT2D eigenvalue weighted by Crippen LogP contribution is 2.22. The van der Waals surface area contributed by atoms with Gasteiger partial charge in [0.05, 0.1) is 33.7 Å². The van der Waals surface area contributed by atoms with Crippen LogP contribution in [0.25, 0.3) is 5.69 Å². The molecule has 2 aromatic heterocycles. The third-order valence-corrected chi connectivity index (χ3v) is 4.48. The molecular weight excluding hydrogens is 387 g/mol. The number of anilines is 1. The number of amides is 1. The average Bonchev–Trinajstić information content (AvgIpc) is 3.20. The number of hydrogen-bond donors (Lipinski definition) is 2. The molecule has 1 amide bonds. The first-order valence-electron chi connectivity index (χ1n) is 8.40. The topological polar surface area (TPSA) is 84.7 Å². The minimum Gasteiger partial charge on any atom is -0.368 e. The van der Waals surface area contributed by atoms with E-state index in [0.29, 0.717) is 33.7 Å². The van der Waals surface area contributed by atoms with Crippen LogP contribution in [0.2, 0.25) is 10.0 Å². The van der Waals surface area contributed by atoms with Crippen molar-refractivity contribution in [3.05, 3.63) is 64.5 Å². The van der Waals surface area contributed by atoms with Gasteiger partial charge in [0.25, 0.3) is 5.91 Å². The lowest BCUT2D eigenvalue weighted by Crippen LogP contribution is -2.40. The van der Waals surface area contributed by atoms with E-state index in [-0.39, 0.29) is 11.9 Å². The second-order valence-corrected chi connectivity index (χ2v) is 6.62. The van der Waals surface area contributed by atoms with Gasteiger partial charge in [0, 0.05) is 18.8 Å². The summed E-state index contributed by atoms with van der Waals surface area (Å²) in [6.07, 6.45) is 5.38. The maximum atomic E-state index is 12.9. The zero-order valence-electron chi connectivity index (χ0n) is 14.6. The van der Waals surface area contributed by atoms with Gasteiger partial charge in [-0.3, -0.25) is 4.79 Å². The number of hydrogen-bond acceptors (Lipinski definition) is 5. The molecular formula is C18H18Cl2N6O. The van der Waals surface area contributed by atoms with Gasteiger partial charge in [0.15, 0.2) is 0 Å². The smallest absolute Gasteiger partial charge is 0.255 e. The van der Waals surface area contributed by atoms with Crippen LogP contribution in [0, 0.1) is 0 Å². The van der Waals surface area contributed by atoms with Crippen LogP contribution in [-0.4, -0.2) is 38.5 Å². The number of benzene rings is 1. The number of pyridine rings is 1. The Balaban J connectivity index is 1.73. The van der Waals surface area contributed by atoms with Gasteiger partial charge in [-0.25, -0.2) is 4.98 Å². The van der Waals surface area contributed by atoms with E-state index < -0.39 is 0 Å². The van der Waals surface area contributed by atoms with Gasteiger partial charge >= 0.3 is 0 Å². The van der Waals surface area contributed by atoms with Crippen molar-refractivity contribution >= 4 is 34.9 Å². The number of carbonyl (C=O) groups excluding carboxylic acids is 1. The number of aromatic nitrogens is 4. The van der Waals surface area contributed by atoms with E-state index in [1.165, 1.54) is 4.80 Å². The lowest BCUT2D eigenvalue weighted by molar-refractivity contribution is 0.0938. The molecule has 27 heavy (non-hydrogen) atoms. The Morgan fingerprint density at radius 2 is 1.96 bits per heavy atom. The number of rotatable bonds is 7. The molecule has 0 aliphatic heterocycles. The van der Waals surface area contributed by atoms with Gasteiger partial charge in [0.1, 0.15) is 5.82 Å². The van der Waals surface area contributed by atoms with Crippen LogP contribution in [0.4, 0.5) is 5.82 Å². The van der Waals surface area contributed by atoms with Crippen LogP contribution in [0.5, 0.6) is 0 Å². The first-order chi connectivity index (χ1) is 13.1. The molecule has 1 aromatic carbocycles. The molecule has 3 rings (SSSR count). The summed E-state index contributed by atoms with van der Waals surface area (Å²) in [5.74, 6) is 0.400. The molecule has 0 radical (unpaired) electrons. The number of nitrogens with one attached hydrogen (secondary N) is 2. The van der Waals surface area contributed by atoms with Crippen molar-refractivity contribution in [2.45, 2.75) is 19.4 Å². The standard InChI is InChI=1S/C18H18Cl2N6O/c1-2-13(11-22-16-7-6-12(19)10-21-16)25-18(27)17-14(20)4-3-5-15(17)26-23-8-9-24-26/h3-10,13H,2,11H2,1H3,(H,21,22)(H,25,27)/t13-/m0/s1. The summed E-state index contributed by atoms with van der Waals surface area (Å²) in [5.41, 5.74) is 0.852. The maximum Gasteiger partial charge on any atom is 0.255 e. The van der Waals surface area contributed by atoms with Gasteiger partial charge < -0.3 is 10.6 Å². The Kier molecular flexibility index (Phi) is 6.26. The Labute approximate surface area is 166 Å². The van der Waals surface area contributed by atoms with Crippen molar-refractivity contribution in [2.24, 2.45) is 0 Å². The molecule has 2 N–H and O–H groups in total. The Morgan fingerprint density at radius 3 is 2.63 bits per heavy atom. The molecule has 0 spiro atoms. The highest BCUT2D eigenvalue weighted by Gasteiger charge is 2.20. The van der Waals surface area contributed by atoms with Crippen LogP contribution >= 0.6 is 23.2 Å². The van der Waals surface area contributed by atoms with Gasteiger partial charge in [-0.1, -0.05) is 36.2 Å². The minimum atomic E-state index is -0.286. The number of halogens is 2. The fourth-order valence-electron chi connectivity index (χ4n) is 2.51. The van der Waals surface area contributed by atoms with Gasteiger partial charge in [-0.2, -0.15) is 15.0 Å². The van der Waals surface area contributed by atoms with Crippen molar-refractivity contribution in [1.29, 1.82) is 0 Å². The van der Waals surface area contributed by atoms with Crippen LogP contribution in [0.3, 0.4) is 0 Å². The molecule has 3 aromatic rings. The summed E-state index contributed by atoms with van der Waals surface area (Å²) < 4.78 is 0. The van der Waals surface area contributed by atoms with Gasteiger partial charge in [-0.15, -0.1) is 0 Å². The van der Waals surface area contributed by atoms with Gasteiger partial charge in [-0.05, 0) is 30.7 Å². The SMILES string of the molecule is CC[C@@H](CNc1ccc(Cl)cn1)NC(=O)c1c(Cl)cccc1-n1nccn1.